The molecule has 34 heavy (non-hydrogen) atoms. The van der Waals surface area contributed by atoms with Crippen molar-refractivity contribution in [1.82, 2.24) is 10.2 Å². The first-order chi connectivity index (χ1) is 15.6. The van der Waals surface area contributed by atoms with Crippen LogP contribution in [0.2, 0.25) is 0 Å². The van der Waals surface area contributed by atoms with Gasteiger partial charge in [-0.3, -0.25) is 15.0 Å². The van der Waals surface area contributed by atoms with Crippen molar-refractivity contribution in [3.8, 4) is 5.75 Å². The van der Waals surface area contributed by atoms with Gasteiger partial charge < -0.3 is 20.3 Å². The summed E-state index contributed by atoms with van der Waals surface area (Å²) in [6.45, 7) is 1.47. The number of halogens is 5. The number of amides is 1. The highest BCUT2D eigenvalue weighted by Crippen LogP contribution is 3.02. The van der Waals surface area contributed by atoms with Crippen molar-refractivity contribution in [3.63, 3.8) is 0 Å². The summed E-state index contributed by atoms with van der Waals surface area (Å²) in [6.07, 6.45) is 0. The second-order valence-corrected chi connectivity index (χ2v) is 10.0. The highest BCUT2D eigenvalue weighted by atomic mass is 32.5. The summed E-state index contributed by atoms with van der Waals surface area (Å²) >= 11 is 0. The summed E-state index contributed by atoms with van der Waals surface area (Å²) in [7, 11) is -7.34. The Morgan fingerprint density at radius 3 is 2.32 bits per heavy atom. The summed E-state index contributed by atoms with van der Waals surface area (Å²) < 4.78 is 72.3. The highest BCUT2D eigenvalue weighted by Gasteiger charge is 2.65. The van der Waals surface area contributed by atoms with Crippen molar-refractivity contribution in [2.45, 2.75) is 18.4 Å². The van der Waals surface area contributed by atoms with Gasteiger partial charge in [0.2, 0.25) is 0 Å². The van der Waals surface area contributed by atoms with E-state index in [9.17, 15) is 29.0 Å². The Morgan fingerprint density at radius 1 is 1.09 bits per heavy atom. The van der Waals surface area contributed by atoms with Gasteiger partial charge in [0.25, 0.3) is 5.91 Å². The predicted molar refractivity (Wildman–Crippen MR) is 120 cm³/mol. The number of carbonyl (C=O) groups excluding carboxylic acids is 2. The van der Waals surface area contributed by atoms with E-state index < -0.39 is 38.9 Å². The Balaban J connectivity index is 1.93. The number of carbonyl (C=O) groups is 2. The first kappa shape index (κ1) is 25.3. The lowest BCUT2D eigenvalue weighted by molar-refractivity contribution is 0.0951. The fraction of sp³-hybridized carbons (Fsp3) is 0.286. The monoisotopic (exact) mass is 506 g/mol. The number of nitrogens with one attached hydrogen (secondary N) is 3. The zero-order valence-electron chi connectivity index (χ0n) is 18.5. The van der Waals surface area contributed by atoms with E-state index in [0.717, 1.165) is 6.07 Å². The molecular formula is C21H23F5N4O3S. The standard InChI is InChI=1S/C21H23F5N4O3S/c1-4-33-19-9-16-13(7-17(19)21(32)29-3)10-30(20(16)27)11-18(31)12-5-14(28-2)8-15(6-12)34(22,23,24,25)26/h5-9,27-28H,4,10-11H2,1-3H3,(H,29,32). The van der Waals surface area contributed by atoms with E-state index in [1.807, 2.05) is 0 Å². The van der Waals surface area contributed by atoms with Crippen molar-refractivity contribution in [2.75, 3.05) is 32.6 Å². The van der Waals surface area contributed by atoms with Gasteiger partial charge in [0.1, 0.15) is 16.5 Å². The van der Waals surface area contributed by atoms with E-state index in [1.165, 1.54) is 31.1 Å². The Morgan fingerprint density at radius 2 is 1.76 bits per heavy atom. The molecule has 0 aromatic heterocycles. The highest BCUT2D eigenvalue weighted by molar-refractivity contribution is 8.45. The van der Waals surface area contributed by atoms with Gasteiger partial charge in [0.05, 0.1) is 18.7 Å². The van der Waals surface area contributed by atoms with E-state index in [1.54, 1.807) is 6.92 Å². The average molecular weight is 506 g/mol. The maximum atomic E-state index is 13.4. The van der Waals surface area contributed by atoms with Crippen molar-refractivity contribution < 1.29 is 33.8 Å². The van der Waals surface area contributed by atoms with E-state index in [-0.39, 0.29) is 48.1 Å². The van der Waals surface area contributed by atoms with Crippen LogP contribution in [0.25, 0.3) is 0 Å². The minimum atomic E-state index is -10.0. The second-order valence-electron chi connectivity index (χ2n) is 7.61. The van der Waals surface area contributed by atoms with Crippen LogP contribution in [-0.4, -0.2) is 49.7 Å². The normalized spacial score (nSPS) is 15.3. The topological polar surface area (TPSA) is 94.5 Å². The van der Waals surface area contributed by atoms with Crippen LogP contribution in [0.1, 0.15) is 38.8 Å². The minimum absolute atomic E-state index is 0.0242. The van der Waals surface area contributed by atoms with Gasteiger partial charge in [-0.05, 0) is 42.8 Å². The van der Waals surface area contributed by atoms with Crippen molar-refractivity contribution in [3.05, 3.63) is 52.6 Å². The Kier molecular flexibility index (Phi) is 5.84. The van der Waals surface area contributed by atoms with Crippen LogP contribution in [0.3, 0.4) is 0 Å². The Bertz CT molecular complexity index is 1200. The molecule has 0 bridgehead atoms. The molecule has 1 aliphatic heterocycles. The number of benzene rings is 2. The number of fused-ring (bicyclic) bond motifs is 1. The molecule has 0 atom stereocenters. The van der Waals surface area contributed by atoms with E-state index >= 15 is 0 Å². The quantitative estimate of drug-likeness (QED) is 0.339. The number of ether oxygens (including phenoxy) is 1. The summed E-state index contributed by atoms with van der Waals surface area (Å²) in [6, 6.07) is 4.44. The fourth-order valence-corrected chi connectivity index (χ4v) is 4.24. The molecule has 3 N–H and O–H groups in total. The SMILES string of the molecule is CCOc1cc2c(cc1C(=O)NC)CN(CC(=O)c1cc(NC)cc(S(F)(F)(F)(F)F)c1)C2=N. The van der Waals surface area contributed by atoms with Crippen LogP contribution in [0, 0.1) is 5.41 Å². The summed E-state index contributed by atoms with van der Waals surface area (Å²) in [5.41, 5.74) is 0.286. The van der Waals surface area contributed by atoms with Gasteiger partial charge in [0, 0.05) is 37.5 Å². The third-order valence-corrected chi connectivity index (χ3v) is 6.33. The van der Waals surface area contributed by atoms with Crippen LogP contribution in [0.4, 0.5) is 25.1 Å². The van der Waals surface area contributed by atoms with Crippen molar-refractivity contribution >= 4 is 33.4 Å². The Hall–Kier alpha value is -3.35. The second kappa shape index (κ2) is 7.86. The third-order valence-electron chi connectivity index (χ3n) is 5.21. The molecule has 0 radical (unpaired) electrons. The molecule has 0 saturated carbocycles. The largest absolute Gasteiger partial charge is 0.493 e. The zero-order valence-corrected chi connectivity index (χ0v) is 19.3. The first-order valence-electron chi connectivity index (χ1n) is 10.0. The maximum Gasteiger partial charge on any atom is 0.310 e. The van der Waals surface area contributed by atoms with Gasteiger partial charge in [-0.15, -0.1) is 0 Å². The Labute approximate surface area is 192 Å². The van der Waals surface area contributed by atoms with Crippen LogP contribution in [0.5, 0.6) is 5.75 Å². The molecule has 186 valence electrons. The van der Waals surface area contributed by atoms with E-state index in [4.69, 9.17) is 10.1 Å². The molecule has 0 fully saturated rings. The predicted octanol–water partition coefficient (Wildman–Crippen LogP) is 5.17. The summed E-state index contributed by atoms with van der Waals surface area (Å²) in [5.74, 6) is -1.17. The number of Topliss-reactive ketones (excluding diaryl/α,β-unsaturated/α-hetero) is 1. The molecule has 7 nitrogen and oxygen atoms in total. The van der Waals surface area contributed by atoms with E-state index in [2.05, 4.69) is 10.6 Å². The minimum Gasteiger partial charge on any atom is -0.493 e. The molecule has 0 aliphatic carbocycles. The maximum absolute atomic E-state index is 13.4. The lowest BCUT2D eigenvalue weighted by Crippen LogP contribution is -2.30. The van der Waals surface area contributed by atoms with Crippen molar-refractivity contribution in [1.29, 1.82) is 5.41 Å². The molecule has 2 aromatic rings. The summed E-state index contributed by atoms with van der Waals surface area (Å²) in [5, 5.41) is 13.2. The number of hydrogen-bond donors (Lipinski definition) is 3. The number of hydrogen-bond acceptors (Lipinski definition) is 5. The number of anilines is 1. The number of amidine groups is 1. The average Bonchev–Trinajstić information content (AvgIpc) is 3.05. The molecule has 13 heteroatoms. The van der Waals surface area contributed by atoms with Crippen LogP contribution in [-0.2, 0) is 6.54 Å². The molecule has 1 aliphatic rings. The smallest absolute Gasteiger partial charge is 0.310 e. The first-order valence-corrected chi connectivity index (χ1v) is 12.0. The van der Waals surface area contributed by atoms with Crippen LogP contribution < -0.4 is 15.4 Å². The molecule has 1 heterocycles. The lowest BCUT2D eigenvalue weighted by atomic mass is 10.0. The van der Waals surface area contributed by atoms with Gasteiger partial charge in [-0.1, -0.05) is 19.4 Å². The van der Waals surface area contributed by atoms with Crippen LogP contribution >= 0.6 is 10.2 Å². The molecule has 0 unspecified atom stereocenters. The lowest BCUT2D eigenvalue weighted by Gasteiger charge is -2.40. The van der Waals surface area contributed by atoms with Gasteiger partial charge >= 0.3 is 10.2 Å². The number of rotatable bonds is 8. The van der Waals surface area contributed by atoms with Gasteiger partial charge in [-0.25, -0.2) is 0 Å². The third kappa shape index (κ3) is 5.08. The number of ketones is 1. The number of nitrogens with zero attached hydrogens (tertiary/aromatic N) is 1. The molecule has 1 amide bonds. The fourth-order valence-electron chi connectivity index (χ4n) is 3.54. The molecule has 3 rings (SSSR count). The summed E-state index contributed by atoms with van der Waals surface area (Å²) in [4.78, 5) is 24.1. The van der Waals surface area contributed by atoms with Crippen LogP contribution in [0.15, 0.2) is 35.2 Å². The van der Waals surface area contributed by atoms with Gasteiger partial charge in [0.15, 0.2) is 5.78 Å². The van der Waals surface area contributed by atoms with Crippen molar-refractivity contribution in [2.24, 2.45) is 0 Å². The zero-order chi connectivity index (χ0) is 25.5. The molecule has 0 spiro atoms. The molecule has 2 aromatic carbocycles. The van der Waals surface area contributed by atoms with E-state index in [0.29, 0.717) is 11.1 Å². The molecular weight excluding hydrogens is 483 g/mol. The van der Waals surface area contributed by atoms with Gasteiger partial charge in [-0.2, -0.15) is 0 Å². The molecule has 0 saturated heterocycles.